The molecule has 0 bridgehead atoms. The molecule has 0 spiro atoms. The molecular weight excluding hydrogens is 204 g/mol. The number of rotatable bonds is 5. The number of nitrogens with two attached hydrogens (primary N) is 1. The van der Waals surface area contributed by atoms with Gasteiger partial charge in [-0.1, -0.05) is 11.6 Å². The number of hydrogen-bond acceptors (Lipinski definition) is 3. The van der Waals surface area contributed by atoms with E-state index in [0.29, 0.717) is 0 Å². The van der Waals surface area contributed by atoms with Crippen LogP contribution in [0.5, 0.6) is 0 Å². The normalized spacial score (nSPS) is 30.9. The van der Waals surface area contributed by atoms with Crippen LogP contribution in [-0.4, -0.2) is 30.1 Å². The second-order valence-corrected chi connectivity index (χ2v) is 5.82. The highest BCUT2D eigenvalue weighted by Gasteiger charge is 2.31. The zero-order valence-electron chi connectivity index (χ0n) is 9.43. The van der Waals surface area contributed by atoms with Gasteiger partial charge in [0.25, 0.3) is 0 Å². The molecule has 1 unspecified atom stereocenters. The van der Waals surface area contributed by atoms with Crippen LogP contribution in [0, 0.1) is 0 Å². The molecule has 3 N–H and O–H groups in total. The molecular formula is C12H22N2S. The minimum atomic E-state index is 0.254. The van der Waals surface area contributed by atoms with Crippen LogP contribution in [0.15, 0.2) is 11.6 Å². The van der Waals surface area contributed by atoms with E-state index in [9.17, 15) is 0 Å². The molecule has 1 fully saturated rings. The molecule has 2 nitrogen and oxygen atoms in total. The van der Waals surface area contributed by atoms with Crippen LogP contribution in [0.25, 0.3) is 0 Å². The second kappa shape index (κ2) is 5.37. The molecule has 1 aliphatic heterocycles. The molecule has 86 valence electrons. The maximum atomic E-state index is 5.87. The van der Waals surface area contributed by atoms with Crippen LogP contribution in [0.4, 0.5) is 0 Å². The number of allylic oxidation sites excluding steroid dienone is 1. The third-order valence-corrected chi connectivity index (χ3v) is 4.82. The summed E-state index contributed by atoms with van der Waals surface area (Å²) < 4.78 is 0. The highest BCUT2D eigenvalue weighted by molar-refractivity contribution is 7.99. The Bertz CT molecular complexity index is 232. The van der Waals surface area contributed by atoms with E-state index in [1.165, 1.54) is 43.6 Å². The Labute approximate surface area is 97.1 Å². The van der Waals surface area contributed by atoms with E-state index in [1.807, 2.05) is 11.8 Å². The average Bonchev–Trinajstić information content (AvgIpc) is 2.89. The van der Waals surface area contributed by atoms with Gasteiger partial charge in [-0.2, -0.15) is 11.8 Å². The lowest BCUT2D eigenvalue weighted by Gasteiger charge is -2.28. The van der Waals surface area contributed by atoms with E-state index in [0.717, 1.165) is 13.1 Å². The molecule has 2 aliphatic rings. The maximum absolute atomic E-state index is 5.87. The SMILES string of the molecule is NCC1(NCCC2=CCCC2)CCSC1. The smallest absolute Gasteiger partial charge is 0.0403 e. The van der Waals surface area contributed by atoms with Gasteiger partial charge in [0.05, 0.1) is 0 Å². The molecule has 1 saturated heterocycles. The van der Waals surface area contributed by atoms with E-state index >= 15 is 0 Å². The molecule has 3 heteroatoms. The molecule has 1 aliphatic carbocycles. The zero-order valence-corrected chi connectivity index (χ0v) is 10.2. The molecule has 15 heavy (non-hydrogen) atoms. The summed E-state index contributed by atoms with van der Waals surface area (Å²) in [6.45, 7) is 1.91. The van der Waals surface area contributed by atoms with Gasteiger partial charge < -0.3 is 11.1 Å². The largest absolute Gasteiger partial charge is 0.329 e. The predicted molar refractivity (Wildman–Crippen MR) is 68.3 cm³/mol. The highest BCUT2D eigenvalue weighted by Crippen LogP contribution is 2.27. The lowest BCUT2D eigenvalue weighted by atomic mass is 9.99. The summed E-state index contributed by atoms with van der Waals surface area (Å²) in [4.78, 5) is 0. The molecule has 0 aromatic rings. The summed E-state index contributed by atoms with van der Waals surface area (Å²) in [5.41, 5.74) is 7.78. The molecule has 1 heterocycles. The Kier molecular flexibility index (Phi) is 4.12. The molecule has 0 saturated carbocycles. The molecule has 0 aromatic heterocycles. The van der Waals surface area contributed by atoms with Crippen molar-refractivity contribution in [2.45, 2.75) is 37.6 Å². The first kappa shape index (κ1) is 11.5. The Hall–Kier alpha value is 0.01000. The van der Waals surface area contributed by atoms with Crippen molar-refractivity contribution in [2.75, 3.05) is 24.6 Å². The lowest BCUT2D eigenvalue weighted by molar-refractivity contribution is 0.375. The summed E-state index contributed by atoms with van der Waals surface area (Å²) in [6.07, 6.45) is 8.88. The molecule has 0 aromatic carbocycles. The van der Waals surface area contributed by atoms with Gasteiger partial charge in [0, 0.05) is 17.8 Å². The summed E-state index contributed by atoms with van der Waals surface area (Å²) >= 11 is 2.03. The number of thioether (sulfide) groups is 1. The van der Waals surface area contributed by atoms with E-state index in [4.69, 9.17) is 5.73 Å². The molecule has 0 amide bonds. The van der Waals surface area contributed by atoms with Crippen LogP contribution in [0.1, 0.15) is 32.1 Å². The summed E-state index contributed by atoms with van der Waals surface area (Å²) in [7, 11) is 0. The topological polar surface area (TPSA) is 38.0 Å². The predicted octanol–water partition coefficient (Wildman–Crippen LogP) is 1.91. The minimum absolute atomic E-state index is 0.254. The van der Waals surface area contributed by atoms with Crippen LogP contribution in [-0.2, 0) is 0 Å². The molecule has 0 radical (unpaired) electrons. The van der Waals surface area contributed by atoms with Crippen molar-refractivity contribution in [1.82, 2.24) is 5.32 Å². The average molecular weight is 226 g/mol. The summed E-state index contributed by atoms with van der Waals surface area (Å²) in [5.74, 6) is 2.47. The maximum Gasteiger partial charge on any atom is 0.0403 e. The fourth-order valence-corrected chi connectivity index (χ4v) is 3.87. The standard InChI is InChI=1S/C12H22N2S/c13-9-12(6-8-15-10-12)14-7-5-11-3-1-2-4-11/h3,14H,1-2,4-10,13H2. The van der Waals surface area contributed by atoms with Crippen LogP contribution in [0.2, 0.25) is 0 Å². The van der Waals surface area contributed by atoms with Gasteiger partial charge in [0.15, 0.2) is 0 Å². The van der Waals surface area contributed by atoms with E-state index < -0.39 is 0 Å². The van der Waals surface area contributed by atoms with Crippen LogP contribution in [0.3, 0.4) is 0 Å². The van der Waals surface area contributed by atoms with Crippen LogP contribution >= 0.6 is 11.8 Å². The highest BCUT2D eigenvalue weighted by atomic mass is 32.2. The monoisotopic (exact) mass is 226 g/mol. The van der Waals surface area contributed by atoms with E-state index in [2.05, 4.69) is 11.4 Å². The lowest BCUT2D eigenvalue weighted by Crippen LogP contribution is -2.51. The Balaban J connectivity index is 1.71. The van der Waals surface area contributed by atoms with Crippen molar-refractivity contribution >= 4 is 11.8 Å². The Morgan fingerprint density at radius 2 is 2.47 bits per heavy atom. The van der Waals surface area contributed by atoms with Gasteiger partial charge in [-0.25, -0.2) is 0 Å². The zero-order chi connectivity index (χ0) is 10.6. The summed E-state index contributed by atoms with van der Waals surface area (Å²) in [5, 5.41) is 3.69. The van der Waals surface area contributed by atoms with Crippen molar-refractivity contribution < 1.29 is 0 Å². The van der Waals surface area contributed by atoms with Gasteiger partial charge in [-0.05, 0) is 44.4 Å². The number of hydrogen-bond donors (Lipinski definition) is 2. The fourth-order valence-electron chi connectivity index (χ4n) is 2.43. The first-order valence-corrected chi connectivity index (χ1v) is 7.21. The quantitative estimate of drug-likeness (QED) is 0.703. The Morgan fingerprint density at radius 3 is 3.07 bits per heavy atom. The number of nitrogens with one attached hydrogen (secondary N) is 1. The van der Waals surface area contributed by atoms with Gasteiger partial charge in [-0.15, -0.1) is 0 Å². The van der Waals surface area contributed by atoms with Crippen molar-refractivity contribution in [3.05, 3.63) is 11.6 Å². The third-order valence-electron chi connectivity index (χ3n) is 3.58. The van der Waals surface area contributed by atoms with Crippen LogP contribution < -0.4 is 11.1 Å². The van der Waals surface area contributed by atoms with E-state index in [1.54, 1.807) is 5.57 Å². The van der Waals surface area contributed by atoms with E-state index in [-0.39, 0.29) is 5.54 Å². The van der Waals surface area contributed by atoms with Crippen molar-refractivity contribution in [1.29, 1.82) is 0 Å². The first-order valence-electron chi connectivity index (χ1n) is 6.05. The summed E-state index contributed by atoms with van der Waals surface area (Å²) in [6, 6.07) is 0. The second-order valence-electron chi connectivity index (χ2n) is 4.72. The fraction of sp³-hybridized carbons (Fsp3) is 0.833. The van der Waals surface area contributed by atoms with Crippen molar-refractivity contribution in [3.8, 4) is 0 Å². The first-order chi connectivity index (χ1) is 7.35. The minimum Gasteiger partial charge on any atom is -0.329 e. The van der Waals surface area contributed by atoms with Crippen molar-refractivity contribution in [3.63, 3.8) is 0 Å². The molecule has 2 rings (SSSR count). The molecule has 1 atom stereocenters. The van der Waals surface area contributed by atoms with Gasteiger partial charge in [-0.3, -0.25) is 0 Å². The van der Waals surface area contributed by atoms with Crippen molar-refractivity contribution in [2.24, 2.45) is 5.73 Å². The van der Waals surface area contributed by atoms with Gasteiger partial charge in [0.2, 0.25) is 0 Å². The van der Waals surface area contributed by atoms with Gasteiger partial charge >= 0.3 is 0 Å². The third kappa shape index (κ3) is 2.99. The Morgan fingerprint density at radius 1 is 1.53 bits per heavy atom. The van der Waals surface area contributed by atoms with Gasteiger partial charge in [0.1, 0.15) is 0 Å².